The van der Waals surface area contributed by atoms with Crippen LogP contribution in [0.3, 0.4) is 0 Å². The molecule has 1 aliphatic carbocycles. The maximum absolute atomic E-state index is 12.1. The molecular weight excluding hydrogens is 208 g/mol. The van der Waals surface area contributed by atoms with Crippen LogP contribution in [0.1, 0.15) is 12.8 Å². The van der Waals surface area contributed by atoms with Gasteiger partial charge in [0.1, 0.15) is 0 Å². The third-order valence-corrected chi connectivity index (χ3v) is 3.99. The lowest BCUT2D eigenvalue weighted by Crippen LogP contribution is -2.46. The SMILES string of the molecule is C=C1CN2C(=O)[C@H]3CC=CC[C@@H]3N=C2S1. The van der Waals surface area contributed by atoms with E-state index in [0.29, 0.717) is 6.54 Å². The molecule has 0 unspecified atom stereocenters. The van der Waals surface area contributed by atoms with Gasteiger partial charge in [0.05, 0.1) is 18.5 Å². The summed E-state index contributed by atoms with van der Waals surface area (Å²) in [6.07, 6.45) is 5.97. The summed E-state index contributed by atoms with van der Waals surface area (Å²) in [6, 6.07) is 0.173. The van der Waals surface area contributed by atoms with E-state index in [9.17, 15) is 4.79 Å². The predicted octanol–water partition coefficient (Wildman–Crippen LogP) is 1.78. The second kappa shape index (κ2) is 3.23. The molecular formula is C11H12N2OS. The van der Waals surface area contributed by atoms with Crippen LogP contribution >= 0.6 is 11.8 Å². The first kappa shape index (κ1) is 9.21. The Morgan fingerprint density at radius 2 is 2.27 bits per heavy atom. The van der Waals surface area contributed by atoms with Gasteiger partial charge in [0.2, 0.25) is 5.91 Å². The zero-order chi connectivity index (χ0) is 10.4. The Balaban J connectivity index is 1.98. The maximum atomic E-state index is 12.1. The van der Waals surface area contributed by atoms with Gasteiger partial charge in [-0.15, -0.1) is 0 Å². The normalized spacial score (nSPS) is 33.9. The van der Waals surface area contributed by atoms with E-state index in [-0.39, 0.29) is 17.9 Å². The fourth-order valence-electron chi connectivity index (χ4n) is 2.28. The van der Waals surface area contributed by atoms with Gasteiger partial charge in [0.15, 0.2) is 5.17 Å². The number of thioether (sulfide) groups is 1. The molecule has 3 rings (SSSR count). The van der Waals surface area contributed by atoms with E-state index in [1.807, 2.05) is 0 Å². The molecule has 78 valence electrons. The molecule has 3 nitrogen and oxygen atoms in total. The number of allylic oxidation sites excluding steroid dienone is 1. The molecule has 0 saturated carbocycles. The molecule has 4 heteroatoms. The van der Waals surface area contributed by atoms with E-state index in [0.717, 1.165) is 22.9 Å². The lowest BCUT2D eigenvalue weighted by Gasteiger charge is -2.33. The quantitative estimate of drug-likeness (QED) is 0.583. The fourth-order valence-corrected chi connectivity index (χ4v) is 3.18. The Kier molecular flexibility index (Phi) is 1.99. The topological polar surface area (TPSA) is 32.7 Å². The summed E-state index contributed by atoms with van der Waals surface area (Å²) < 4.78 is 0. The summed E-state index contributed by atoms with van der Waals surface area (Å²) >= 11 is 1.55. The molecule has 15 heavy (non-hydrogen) atoms. The number of amidine groups is 1. The summed E-state index contributed by atoms with van der Waals surface area (Å²) in [5.41, 5.74) is 0. The number of aliphatic imine (C=N–C) groups is 1. The number of carbonyl (C=O) groups excluding carboxylic acids is 1. The molecule has 0 N–H and O–H groups in total. The molecule has 0 bridgehead atoms. The van der Waals surface area contributed by atoms with Crippen LogP contribution in [-0.2, 0) is 4.79 Å². The van der Waals surface area contributed by atoms with Crippen molar-refractivity contribution in [1.29, 1.82) is 0 Å². The third kappa shape index (κ3) is 1.35. The Hall–Kier alpha value is -1.03. The predicted molar refractivity (Wildman–Crippen MR) is 61.5 cm³/mol. The van der Waals surface area contributed by atoms with Crippen LogP contribution in [0.5, 0.6) is 0 Å². The highest BCUT2D eigenvalue weighted by molar-refractivity contribution is 8.17. The minimum absolute atomic E-state index is 0.0743. The van der Waals surface area contributed by atoms with Gasteiger partial charge in [0.25, 0.3) is 0 Å². The largest absolute Gasteiger partial charge is 0.286 e. The van der Waals surface area contributed by atoms with E-state index in [4.69, 9.17) is 0 Å². The number of amides is 1. The van der Waals surface area contributed by atoms with Crippen LogP contribution in [-0.4, -0.2) is 28.6 Å². The van der Waals surface area contributed by atoms with Crippen molar-refractivity contribution < 1.29 is 4.79 Å². The van der Waals surface area contributed by atoms with Crippen molar-refractivity contribution in [2.24, 2.45) is 10.9 Å². The summed E-state index contributed by atoms with van der Waals surface area (Å²) in [6.45, 7) is 4.55. The minimum atomic E-state index is 0.0743. The fraction of sp³-hybridized carbons (Fsp3) is 0.455. The number of nitrogens with zero attached hydrogens (tertiary/aromatic N) is 2. The number of carbonyl (C=O) groups is 1. The first-order valence-corrected chi connectivity index (χ1v) is 5.97. The molecule has 0 aromatic carbocycles. The van der Waals surface area contributed by atoms with E-state index in [1.165, 1.54) is 0 Å². The van der Waals surface area contributed by atoms with E-state index < -0.39 is 0 Å². The molecule has 2 heterocycles. The van der Waals surface area contributed by atoms with Gasteiger partial charge in [-0.05, 0) is 12.8 Å². The van der Waals surface area contributed by atoms with Crippen molar-refractivity contribution >= 4 is 22.8 Å². The standard InChI is InChI=1S/C11H12N2OS/c1-7-6-13-10(14)8-4-2-3-5-9(8)12-11(13)15-7/h2-3,8-9H,1,4-6H2/t8-,9-/m0/s1. The summed E-state index contributed by atoms with van der Waals surface area (Å²) in [7, 11) is 0. The lowest BCUT2D eigenvalue weighted by atomic mass is 9.87. The second-order valence-electron chi connectivity index (χ2n) is 4.09. The van der Waals surface area contributed by atoms with Gasteiger partial charge in [-0.2, -0.15) is 0 Å². The number of hydrogen-bond acceptors (Lipinski definition) is 3. The zero-order valence-electron chi connectivity index (χ0n) is 8.35. The molecule has 2 aliphatic heterocycles. The summed E-state index contributed by atoms with van der Waals surface area (Å²) in [5.74, 6) is 0.311. The molecule has 2 atom stereocenters. The van der Waals surface area contributed by atoms with E-state index >= 15 is 0 Å². The Labute approximate surface area is 92.9 Å². The van der Waals surface area contributed by atoms with E-state index in [2.05, 4.69) is 23.7 Å². The monoisotopic (exact) mass is 220 g/mol. The molecule has 3 aliphatic rings. The van der Waals surface area contributed by atoms with Crippen molar-refractivity contribution in [3.63, 3.8) is 0 Å². The molecule has 0 aromatic rings. The van der Waals surface area contributed by atoms with Crippen LogP contribution in [0.25, 0.3) is 0 Å². The Morgan fingerprint density at radius 3 is 3.13 bits per heavy atom. The van der Waals surface area contributed by atoms with Crippen LogP contribution < -0.4 is 0 Å². The second-order valence-corrected chi connectivity index (χ2v) is 5.24. The van der Waals surface area contributed by atoms with Gasteiger partial charge in [-0.25, -0.2) is 0 Å². The lowest BCUT2D eigenvalue weighted by molar-refractivity contribution is -0.132. The van der Waals surface area contributed by atoms with Gasteiger partial charge >= 0.3 is 0 Å². The van der Waals surface area contributed by atoms with Crippen LogP contribution in [0.4, 0.5) is 0 Å². The van der Waals surface area contributed by atoms with Crippen molar-refractivity contribution in [3.05, 3.63) is 23.6 Å². The molecule has 0 spiro atoms. The minimum Gasteiger partial charge on any atom is -0.286 e. The van der Waals surface area contributed by atoms with Crippen molar-refractivity contribution in [2.45, 2.75) is 18.9 Å². The number of fused-ring (bicyclic) bond motifs is 2. The smallest absolute Gasteiger partial charge is 0.234 e. The average Bonchev–Trinajstić information content (AvgIpc) is 2.59. The van der Waals surface area contributed by atoms with Crippen LogP contribution in [0.15, 0.2) is 28.6 Å². The molecule has 1 amide bonds. The van der Waals surface area contributed by atoms with Gasteiger partial charge in [-0.1, -0.05) is 30.5 Å². The highest BCUT2D eigenvalue weighted by Gasteiger charge is 2.41. The van der Waals surface area contributed by atoms with Gasteiger partial charge in [0, 0.05) is 4.91 Å². The zero-order valence-corrected chi connectivity index (χ0v) is 9.17. The average molecular weight is 220 g/mol. The first-order valence-electron chi connectivity index (χ1n) is 5.15. The number of rotatable bonds is 0. The maximum Gasteiger partial charge on any atom is 0.234 e. The molecule has 1 saturated heterocycles. The van der Waals surface area contributed by atoms with Crippen molar-refractivity contribution in [3.8, 4) is 0 Å². The van der Waals surface area contributed by atoms with Crippen molar-refractivity contribution in [2.75, 3.05) is 6.54 Å². The molecule has 0 aromatic heterocycles. The summed E-state index contributed by atoms with van der Waals surface area (Å²) in [5, 5.41) is 0.863. The highest BCUT2D eigenvalue weighted by Crippen LogP contribution is 2.37. The van der Waals surface area contributed by atoms with Crippen LogP contribution in [0.2, 0.25) is 0 Å². The Bertz CT molecular complexity index is 399. The van der Waals surface area contributed by atoms with Gasteiger partial charge in [-0.3, -0.25) is 14.7 Å². The van der Waals surface area contributed by atoms with Crippen molar-refractivity contribution in [1.82, 2.24) is 4.90 Å². The Morgan fingerprint density at radius 1 is 1.47 bits per heavy atom. The van der Waals surface area contributed by atoms with Gasteiger partial charge < -0.3 is 0 Å². The van der Waals surface area contributed by atoms with E-state index in [1.54, 1.807) is 16.7 Å². The van der Waals surface area contributed by atoms with Crippen LogP contribution in [0, 0.1) is 5.92 Å². The third-order valence-electron chi connectivity index (χ3n) is 3.06. The molecule has 0 radical (unpaired) electrons. The first-order chi connectivity index (χ1) is 7.25. The number of hydrogen-bond donors (Lipinski definition) is 0. The molecule has 1 fully saturated rings. The highest BCUT2D eigenvalue weighted by atomic mass is 32.2. The summed E-state index contributed by atoms with van der Waals surface area (Å²) in [4.78, 5) is 19.6.